The van der Waals surface area contributed by atoms with Crippen LogP contribution in [-0.2, 0) is 11.3 Å². The molecule has 0 aliphatic rings. The smallest absolute Gasteiger partial charge is 0.321 e. The topological polar surface area (TPSA) is 92.2 Å². The van der Waals surface area contributed by atoms with Crippen molar-refractivity contribution in [1.29, 1.82) is 0 Å². The Balaban J connectivity index is 2.19. The summed E-state index contributed by atoms with van der Waals surface area (Å²) in [4.78, 5) is 25.7. The molecule has 0 saturated carbocycles. The molecule has 1 aromatic carbocycles. The van der Waals surface area contributed by atoms with Crippen LogP contribution in [0.25, 0.3) is 11.4 Å². The van der Waals surface area contributed by atoms with E-state index in [4.69, 9.17) is 0 Å². The maximum Gasteiger partial charge on any atom is 0.321 e. The number of nitrogens with one attached hydrogen (secondary N) is 2. The number of thioether (sulfide) groups is 1. The summed E-state index contributed by atoms with van der Waals surface area (Å²) >= 11 is 1.28. The van der Waals surface area contributed by atoms with Gasteiger partial charge >= 0.3 is 6.03 Å². The number of rotatable bonds is 8. The van der Waals surface area contributed by atoms with Gasteiger partial charge in [-0.05, 0) is 52.0 Å². The number of urea groups is 1. The number of hydrogen-bond acceptors (Lipinski definition) is 6. The molecule has 2 rings (SSSR count). The fourth-order valence-corrected chi connectivity index (χ4v) is 3.69. The van der Waals surface area contributed by atoms with Crippen molar-refractivity contribution in [1.82, 2.24) is 25.4 Å². The summed E-state index contributed by atoms with van der Waals surface area (Å²) in [6.45, 7) is 10.6. The lowest BCUT2D eigenvalue weighted by molar-refractivity contribution is -0.119. The number of carbonyl (C=O) groups excluding carboxylic acids is 2. The number of carbonyl (C=O) groups is 2. The van der Waals surface area contributed by atoms with Gasteiger partial charge < -0.3 is 14.8 Å². The number of nitrogens with zero attached hydrogens (tertiary/aromatic N) is 4. The van der Waals surface area contributed by atoms with Crippen molar-refractivity contribution in [2.24, 2.45) is 0 Å². The monoisotopic (exact) mass is 404 g/mol. The SMILES string of the molecule is CCN(CC)c1ccc(-c2nnc(S[C@@H](C)C(=O)NC(=O)NC)n2CC)cc1. The highest BCUT2D eigenvalue weighted by molar-refractivity contribution is 8.00. The van der Waals surface area contributed by atoms with E-state index >= 15 is 0 Å². The molecule has 1 aromatic heterocycles. The van der Waals surface area contributed by atoms with Crippen LogP contribution in [0.15, 0.2) is 29.4 Å². The third kappa shape index (κ3) is 5.03. The number of hydrogen-bond donors (Lipinski definition) is 2. The fraction of sp³-hybridized carbons (Fsp3) is 0.474. The second-order valence-corrected chi connectivity index (χ2v) is 7.41. The zero-order valence-corrected chi connectivity index (χ0v) is 17.8. The Labute approximate surface area is 170 Å². The molecule has 28 heavy (non-hydrogen) atoms. The van der Waals surface area contributed by atoms with E-state index in [1.807, 2.05) is 23.6 Å². The molecule has 1 atom stereocenters. The molecule has 0 saturated heterocycles. The average molecular weight is 405 g/mol. The van der Waals surface area contributed by atoms with E-state index in [-0.39, 0.29) is 5.91 Å². The average Bonchev–Trinajstić information content (AvgIpc) is 3.11. The minimum atomic E-state index is -0.525. The summed E-state index contributed by atoms with van der Waals surface area (Å²) in [5, 5.41) is 13.4. The lowest BCUT2D eigenvalue weighted by atomic mass is 10.2. The molecule has 0 spiro atoms. The zero-order chi connectivity index (χ0) is 20.7. The van der Waals surface area contributed by atoms with Crippen LogP contribution in [0.5, 0.6) is 0 Å². The van der Waals surface area contributed by atoms with Crippen molar-refractivity contribution in [2.45, 2.75) is 44.6 Å². The van der Waals surface area contributed by atoms with Crippen LogP contribution in [-0.4, -0.2) is 52.1 Å². The normalized spacial score (nSPS) is 11.8. The van der Waals surface area contributed by atoms with Crippen LogP contribution in [0, 0.1) is 0 Å². The first-order chi connectivity index (χ1) is 13.4. The first kappa shape index (κ1) is 21.7. The van der Waals surface area contributed by atoms with Crippen molar-refractivity contribution in [3.05, 3.63) is 24.3 Å². The molecule has 0 unspecified atom stereocenters. The van der Waals surface area contributed by atoms with E-state index in [1.165, 1.54) is 24.5 Å². The van der Waals surface area contributed by atoms with Gasteiger partial charge in [-0.1, -0.05) is 11.8 Å². The number of aromatic nitrogens is 3. The predicted molar refractivity (Wildman–Crippen MR) is 113 cm³/mol. The molecule has 152 valence electrons. The summed E-state index contributed by atoms with van der Waals surface area (Å²) in [5.41, 5.74) is 2.14. The number of amides is 3. The van der Waals surface area contributed by atoms with E-state index in [2.05, 4.69) is 51.7 Å². The van der Waals surface area contributed by atoms with E-state index in [9.17, 15) is 9.59 Å². The second kappa shape index (κ2) is 10.1. The molecule has 3 amide bonds. The lowest BCUT2D eigenvalue weighted by Crippen LogP contribution is -2.41. The van der Waals surface area contributed by atoms with Crippen molar-refractivity contribution >= 4 is 29.4 Å². The second-order valence-electron chi connectivity index (χ2n) is 6.10. The van der Waals surface area contributed by atoms with Gasteiger partial charge in [0.15, 0.2) is 11.0 Å². The van der Waals surface area contributed by atoms with Crippen LogP contribution in [0.4, 0.5) is 10.5 Å². The molecule has 0 fully saturated rings. The molecule has 8 nitrogen and oxygen atoms in total. The summed E-state index contributed by atoms with van der Waals surface area (Å²) in [6, 6.07) is 7.73. The third-order valence-corrected chi connectivity index (χ3v) is 5.48. The van der Waals surface area contributed by atoms with Gasteiger partial charge in [0, 0.05) is 37.9 Å². The Morgan fingerprint density at radius 1 is 1.14 bits per heavy atom. The van der Waals surface area contributed by atoms with Crippen molar-refractivity contribution < 1.29 is 9.59 Å². The molecule has 9 heteroatoms. The molecule has 1 heterocycles. The van der Waals surface area contributed by atoms with Crippen molar-refractivity contribution in [3.8, 4) is 11.4 Å². The lowest BCUT2D eigenvalue weighted by Gasteiger charge is -2.21. The highest BCUT2D eigenvalue weighted by atomic mass is 32.2. The van der Waals surface area contributed by atoms with Crippen molar-refractivity contribution in [3.63, 3.8) is 0 Å². The van der Waals surface area contributed by atoms with Crippen LogP contribution < -0.4 is 15.5 Å². The van der Waals surface area contributed by atoms with E-state index in [0.29, 0.717) is 11.7 Å². The highest BCUT2D eigenvalue weighted by Gasteiger charge is 2.21. The molecule has 0 bridgehead atoms. The maximum atomic E-state index is 12.1. The zero-order valence-electron chi connectivity index (χ0n) is 17.0. The molecule has 2 aromatic rings. The molecule has 0 radical (unpaired) electrons. The van der Waals surface area contributed by atoms with Crippen LogP contribution in [0.1, 0.15) is 27.7 Å². The summed E-state index contributed by atoms with van der Waals surface area (Å²) < 4.78 is 1.97. The molecular formula is C19H28N6O2S. The standard InChI is InChI=1S/C19H28N6O2S/c1-6-24(7-2)15-11-9-14(10-12-15)16-22-23-19(25(16)8-3)28-13(4)17(26)21-18(27)20-5/h9-13H,6-8H2,1-5H3,(H2,20,21,26,27)/t13-/m0/s1. The van der Waals surface area contributed by atoms with Gasteiger partial charge in [-0.15, -0.1) is 10.2 Å². The van der Waals surface area contributed by atoms with Crippen LogP contribution >= 0.6 is 11.8 Å². The predicted octanol–water partition coefficient (Wildman–Crippen LogP) is 2.75. The Hall–Kier alpha value is -2.55. The first-order valence-corrected chi connectivity index (χ1v) is 10.3. The molecule has 0 aliphatic carbocycles. The summed E-state index contributed by atoms with van der Waals surface area (Å²) in [5.74, 6) is 0.384. The van der Waals surface area contributed by atoms with Crippen molar-refractivity contribution in [2.75, 3.05) is 25.0 Å². The fourth-order valence-electron chi connectivity index (χ4n) is 2.77. The Bertz CT molecular complexity index is 801. The third-order valence-electron chi connectivity index (χ3n) is 4.40. The van der Waals surface area contributed by atoms with Crippen LogP contribution in [0.2, 0.25) is 0 Å². The summed E-state index contributed by atoms with van der Waals surface area (Å²) in [6.07, 6.45) is 0. The van der Waals surface area contributed by atoms with Gasteiger partial charge in [0.1, 0.15) is 0 Å². The summed E-state index contributed by atoms with van der Waals surface area (Å²) in [7, 11) is 1.46. The Kier molecular flexibility index (Phi) is 7.86. The van der Waals surface area contributed by atoms with E-state index in [0.717, 1.165) is 24.5 Å². The number of imide groups is 1. The highest BCUT2D eigenvalue weighted by Crippen LogP contribution is 2.28. The Morgan fingerprint density at radius 2 is 1.79 bits per heavy atom. The van der Waals surface area contributed by atoms with Gasteiger partial charge in [-0.25, -0.2) is 4.79 Å². The minimum Gasteiger partial charge on any atom is -0.372 e. The van der Waals surface area contributed by atoms with Gasteiger partial charge in [-0.2, -0.15) is 0 Å². The van der Waals surface area contributed by atoms with E-state index in [1.54, 1.807) is 6.92 Å². The largest absolute Gasteiger partial charge is 0.372 e. The van der Waals surface area contributed by atoms with Gasteiger partial charge in [-0.3, -0.25) is 10.1 Å². The minimum absolute atomic E-state index is 0.375. The van der Waals surface area contributed by atoms with E-state index < -0.39 is 11.3 Å². The Morgan fingerprint density at radius 3 is 2.32 bits per heavy atom. The first-order valence-electron chi connectivity index (χ1n) is 9.42. The quantitative estimate of drug-likeness (QED) is 0.657. The molecule has 2 N–H and O–H groups in total. The van der Waals surface area contributed by atoms with Gasteiger partial charge in [0.2, 0.25) is 5.91 Å². The number of anilines is 1. The van der Waals surface area contributed by atoms with Gasteiger partial charge in [0.05, 0.1) is 5.25 Å². The molecule has 0 aliphatic heterocycles. The van der Waals surface area contributed by atoms with Crippen LogP contribution in [0.3, 0.4) is 0 Å². The molecular weight excluding hydrogens is 376 g/mol. The maximum absolute atomic E-state index is 12.1. The van der Waals surface area contributed by atoms with Gasteiger partial charge in [0.25, 0.3) is 0 Å². The number of benzene rings is 1.